The summed E-state index contributed by atoms with van der Waals surface area (Å²) in [4.78, 5) is 23.1. The van der Waals surface area contributed by atoms with E-state index < -0.39 is 23.0 Å². The third-order valence-electron chi connectivity index (χ3n) is 2.57. The van der Waals surface area contributed by atoms with Gasteiger partial charge in [-0.3, -0.25) is 4.79 Å². The minimum Gasteiger partial charge on any atom is -0.480 e. The highest BCUT2D eigenvalue weighted by molar-refractivity contribution is 5.89. The fraction of sp³-hybridized carbons (Fsp3) is 0.833. The highest BCUT2D eigenvalue weighted by Gasteiger charge is 2.36. The molecule has 0 bridgehead atoms. The van der Waals surface area contributed by atoms with Gasteiger partial charge in [0.15, 0.2) is 0 Å². The predicted octanol–water partition coefficient (Wildman–Crippen LogP) is 0.990. The molecule has 0 aromatic carbocycles. The van der Waals surface area contributed by atoms with Gasteiger partial charge < -0.3 is 15.7 Å². The van der Waals surface area contributed by atoms with Crippen molar-refractivity contribution >= 4 is 11.9 Å². The van der Waals surface area contributed by atoms with E-state index >= 15 is 0 Å². The largest absolute Gasteiger partial charge is 0.480 e. The maximum absolute atomic E-state index is 12.0. The van der Waals surface area contributed by atoms with E-state index in [1.165, 1.54) is 0 Å². The molecule has 0 heterocycles. The van der Waals surface area contributed by atoms with Crippen LogP contribution in [0.1, 0.15) is 41.5 Å². The molecule has 0 fully saturated rings. The van der Waals surface area contributed by atoms with Crippen molar-refractivity contribution < 1.29 is 14.7 Å². The molecule has 0 unspecified atom stereocenters. The summed E-state index contributed by atoms with van der Waals surface area (Å²) in [5.74, 6) is -1.32. The number of amides is 1. The zero-order valence-corrected chi connectivity index (χ0v) is 11.5. The molecule has 3 N–H and O–H groups in total. The van der Waals surface area contributed by atoms with Gasteiger partial charge in [0, 0.05) is 0 Å². The van der Waals surface area contributed by atoms with Gasteiger partial charge in [-0.05, 0) is 25.8 Å². The van der Waals surface area contributed by atoms with Crippen LogP contribution in [0.2, 0.25) is 0 Å². The zero-order chi connectivity index (χ0) is 13.9. The second kappa shape index (κ2) is 5.49. The molecule has 100 valence electrons. The molecule has 0 aliphatic rings. The van der Waals surface area contributed by atoms with E-state index in [0.29, 0.717) is 6.54 Å². The summed E-state index contributed by atoms with van der Waals surface area (Å²) in [6.45, 7) is 11.4. The summed E-state index contributed by atoms with van der Waals surface area (Å²) in [7, 11) is 0. The number of carbonyl (C=O) groups excluding carboxylic acids is 1. The Labute approximate surface area is 103 Å². The van der Waals surface area contributed by atoms with E-state index in [4.69, 9.17) is 5.11 Å². The molecule has 1 amide bonds. The van der Waals surface area contributed by atoms with E-state index in [9.17, 15) is 9.59 Å². The fourth-order valence-electron chi connectivity index (χ4n) is 1.48. The number of aliphatic carboxylic acids is 1. The van der Waals surface area contributed by atoms with Crippen molar-refractivity contribution in [3.8, 4) is 0 Å². The van der Waals surface area contributed by atoms with Gasteiger partial charge in [-0.1, -0.05) is 27.7 Å². The van der Waals surface area contributed by atoms with Gasteiger partial charge in [0.1, 0.15) is 6.04 Å². The van der Waals surface area contributed by atoms with Gasteiger partial charge >= 0.3 is 5.97 Å². The van der Waals surface area contributed by atoms with Crippen LogP contribution in [0.25, 0.3) is 0 Å². The van der Waals surface area contributed by atoms with Crippen LogP contribution in [0.4, 0.5) is 0 Å². The Balaban J connectivity index is 4.80. The third-order valence-corrected chi connectivity index (χ3v) is 2.57. The minimum atomic E-state index is -1.02. The Hall–Kier alpha value is -1.10. The summed E-state index contributed by atoms with van der Waals surface area (Å²) in [5, 5.41) is 14.7. The van der Waals surface area contributed by atoms with E-state index in [-0.39, 0.29) is 5.91 Å². The first-order chi connectivity index (χ1) is 7.52. The molecule has 0 aromatic heterocycles. The summed E-state index contributed by atoms with van der Waals surface area (Å²) >= 11 is 0. The molecule has 0 spiro atoms. The number of carboxylic acids is 1. The lowest BCUT2D eigenvalue weighted by Gasteiger charge is -2.32. The van der Waals surface area contributed by atoms with E-state index in [1.807, 2.05) is 6.92 Å². The molecule has 0 radical (unpaired) electrons. The maximum atomic E-state index is 12.0. The molecule has 0 aliphatic heterocycles. The van der Waals surface area contributed by atoms with Gasteiger partial charge in [0.2, 0.25) is 5.91 Å². The number of nitrogens with one attached hydrogen (secondary N) is 2. The molecule has 5 heteroatoms. The Bertz CT molecular complexity index is 293. The second-order valence-electron chi connectivity index (χ2n) is 5.77. The number of carboxylic acid groups (broad SMARTS) is 1. The van der Waals surface area contributed by atoms with Crippen molar-refractivity contribution in [1.29, 1.82) is 0 Å². The molecule has 17 heavy (non-hydrogen) atoms. The summed E-state index contributed by atoms with van der Waals surface area (Å²) in [6.07, 6.45) is 0. The highest BCUT2D eigenvalue weighted by atomic mass is 16.4. The topological polar surface area (TPSA) is 78.4 Å². The van der Waals surface area contributed by atoms with Crippen LogP contribution < -0.4 is 10.6 Å². The van der Waals surface area contributed by atoms with Gasteiger partial charge in [-0.25, -0.2) is 4.79 Å². The normalized spacial score (nSPS) is 14.2. The Morgan fingerprint density at radius 2 is 1.65 bits per heavy atom. The fourth-order valence-corrected chi connectivity index (χ4v) is 1.48. The smallest absolute Gasteiger partial charge is 0.326 e. The van der Waals surface area contributed by atoms with Crippen LogP contribution in [0, 0.1) is 5.41 Å². The summed E-state index contributed by atoms with van der Waals surface area (Å²) in [6, 6.07) is -0.895. The van der Waals surface area contributed by atoms with Crippen LogP contribution in [-0.4, -0.2) is 35.1 Å². The van der Waals surface area contributed by atoms with Crippen molar-refractivity contribution in [3.63, 3.8) is 0 Å². The Kier molecular flexibility index (Phi) is 5.13. The molecular formula is C12H24N2O3. The van der Waals surface area contributed by atoms with Crippen molar-refractivity contribution in [3.05, 3.63) is 0 Å². The highest BCUT2D eigenvalue weighted by Crippen LogP contribution is 2.20. The van der Waals surface area contributed by atoms with Crippen LogP contribution in [-0.2, 0) is 9.59 Å². The zero-order valence-electron chi connectivity index (χ0n) is 11.5. The van der Waals surface area contributed by atoms with Gasteiger partial charge in [-0.2, -0.15) is 0 Å². The molecule has 5 nitrogen and oxygen atoms in total. The number of carbonyl (C=O) groups is 2. The van der Waals surface area contributed by atoms with Crippen LogP contribution in [0.3, 0.4) is 0 Å². The lowest BCUT2D eigenvalue weighted by atomic mass is 9.86. The third kappa shape index (κ3) is 4.73. The average molecular weight is 244 g/mol. The predicted molar refractivity (Wildman–Crippen MR) is 66.8 cm³/mol. The molecule has 0 rings (SSSR count). The Morgan fingerprint density at radius 3 is 1.94 bits per heavy atom. The van der Waals surface area contributed by atoms with Crippen molar-refractivity contribution in [2.45, 2.75) is 53.1 Å². The minimum absolute atomic E-state index is 0.304. The average Bonchev–Trinajstić information content (AvgIpc) is 2.10. The number of hydrogen-bond acceptors (Lipinski definition) is 3. The van der Waals surface area contributed by atoms with Crippen LogP contribution in [0.15, 0.2) is 0 Å². The van der Waals surface area contributed by atoms with Crippen molar-refractivity contribution in [1.82, 2.24) is 10.6 Å². The van der Waals surface area contributed by atoms with E-state index in [0.717, 1.165) is 0 Å². The van der Waals surface area contributed by atoms with Crippen LogP contribution in [0.5, 0.6) is 0 Å². The van der Waals surface area contributed by atoms with Crippen molar-refractivity contribution in [2.75, 3.05) is 6.54 Å². The first-order valence-corrected chi connectivity index (χ1v) is 5.81. The summed E-state index contributed by atoms with van der Waals surface area (Å²) in [5.41, 5.74) is -1.29. The lowest BCUT2D eigenvalue weighted by Crippen LogP contribution is -2.59. The quantitative estimate of drug-likeness (QED) is 0.674. The summed E-state index contributed by atoms with van der Waals surface area (Å²) < 4.78 is 0. The molecule has 0 saturated heterocycles. The molecule has 1 atom stereocenters. The molecule has 0 aliphatic carbocycles. The SMILES string of the molecule is CCNC(C)(C)C(=O)N[C@H](C(=O)O)C(C)(C)C. The number of hydrogen-bond donors (Lipinski definition) is 3. The maximum Gasteiger partial charge on any atom is 0.326 e. The number of likely N-dealkylation sites (N-methyl/N-ethyl adjacent to an activating group) is 1. The van der Waals surface area contributed by atoms with Gasteiger partial charge in [0.05, 0.1) is 5.54 Å². The lowest BCUT2D eigenvalue weighted by molar-refractivity contribution is -0.145. The van der Waals surface area contributed by atoms with Gasteiger partial charge in [-0.15, -0.1) is 0 Å². The van der Waals surface area contributed by atoms with Crippen molar-refractivity contribution in [2.24, 2.45) is 5.41 Å². The number of rotatable bonds is 5. The molecule has 0 saturated carbocycles. The standard InChI is InChI=1S/C12H24N2O3/c1-7-13-12(5,6)10(17)14-8(9(15)16)11(2,3)4/h8,13H,7H2,1-6H3,(H,14,17)(H,15,16)/t8-/m1/s1. The monoisotopic (exact) mass is 244 g/mol. The van der Waals surface area contributed by atoms with E-state index in [2.05, 4.69) is 10.6 Å². The molecular weight excluding hydrogens is 220 g/mol. The van der Waals surface area contributed by atoms with Gasteiger partial charge in [0.25, 0.3) is 0 Å². The molecule has 0 aromatic rings. The Morgan fingerprint density at radius 1 is 1.18 bits per heavy atom. The first-order valence-electron chi connectivity index (χ1n) is 5.81. The van der Waals surface area contributed by atoms with Crippen LogP contribution >= 0.6 is 0 Å². The first kappa shape index (κ1) is 15.9. The van der Waals surface area contributed by atoms with E-state index in [1.54, 1.807) is 34.6 Å². The second-order valence-corrected chi connectivity index (χ2v) is 5.77.